The van der Waals surface area contributed by atoms with Crippen molar-refractivity contribution in [3.8, 4) is 0 Å². The van der Waals surface area contributed by atoms with Gasteiger partial charge in [0.15, 0.2) is 0 Å². The lowest BCUT2D eigenvalue weighted by Gasteiger charge is -2.16. The van der Waals surface area contributed by atoms with Crippen molar-refractivity contribution in [2.75, 3.05) is 18.5 Å². The number of aromatic nitrogens is 3. The Balaban J connectivity index is 1.86. The van der Waals surface area contributed by atoms with E-state index in [4.69, 9.17) is 5.11 Å². The largest absolute Gasteiger partial charge is 0.480 e. The molecule has 0 atom stereocenters. The lowest BCUT2D eigenvalue weighted by molar-refractivity contribution is -0.135. The molecule has 1 N–H and O–H groups in total. The predicted molar refractivity (Wildman–Crippen MR) is 83.9 cm³/mol. The maximum atomic E-state index is 12.9. The zero-order valence-electron chi connectivity index (χ0n) is 12.5. The molecule has 0 saturated heterocycles. The van der Waals surface area contributed by atoms with Gasteiger partial charge in [0.2, 0.25) is 0 Å². The van der Waals surface area contributed by atoms with Crippen LogP contribution in [0.4, 0.5) is 10.1 Å². The second kappa shape index (κ2) is 6.04. The molecule has 6 nitrogen and oxygen atoms in total. The van der Waals surface area contributed by atoms with Crippen molar-refractivity contribution in [3.05, 3.63) is 53.8 Å². The highest BCUT2D eigenvalue weighted by molar-refractivity contribution is 5.81. The zero-order valence-corrected chi connectivity index (χ0v) is 12.5. The molecule has 0 spiro atoms. The molecule has 0 saturated carbocycles. The third-order valence-electron chi connectivity index (χ3n) is 3.56. The zero-order chi connectivity index (χ0) is 16.4. The lowest BCUT2D eigenvalue weighted by atomic mass is 10.2. The number of nitrogens with zero attached hydrogens (tertiary/aromatic N) is 4. The van der Waals surface area contributed by atoms with Crippen LogP contribution in [0.25, 0.3) is 11.0 Å². The molecule has 7 heteroatoms. The minimum atomic E-state index is -0.896. The van der Waals surface area contributed by atoms with Gasteiger partial charge < -0.3 is 10.0 Å². The maximum Gasteiger partial charge on any atom is 0.323 e. The van der Waals surface area contributed by atoms with Gasteiger partial charge in [-0.2, -0.15) is 0 Å². The minimum absolute atomic E-state index is 0.0881. The maximum absolute atomic E-state index is 12.9. The van der Waals surface area contributed by atoms with Gasteiger partial charge in [0, 0.05) is 12.7 Å². The third-order valence-corrected chi connectivity index (χ3v) is 3.56. The number of anilines is 1. The molecular weight excluding hydrogens is 299 g/mol. The summed E-state index contributed by atoms with van der Waals surface area (Å²) in [7, 11) is 1.71. The molecule has 0 aliphatic rings. The molecule has 23 heavy (non-hydrogen) atoms. The SMILES string of the molecule is CN(CC(=O)O)c1ccc2c(c1)nnn2Cc1ccc(F)cc1. The highest BCUT2D eigenvalue weighted by Gasteiger charge is 2.10. The van der Waals surface area contributed by atoms with Gasteiger partial charge in [-0.15, -0.1) is 5.10 Å². The van der Waals surface area contributed by atoms with Gasteiger partial charge in [-0.3, -0.25) is 4.79 Å². The first-order valence-corrected chi connectivity index (χ1v) is 7.03. The van der Waals surface area contributed by atoms with E-state index in [1.807, 2.05) is 12.1 Å². The summed E-state index contributed by atoms with van der Waals surface area (Å²) >= 11 is 0. The highest BCUT2D eigenvalue weighted by atomic mass is 19.1. The number of fused-ring (bicyclic) bond motifs is 1. The summed E-state index contributed by atoms with van der Waals surface area (Å²) in [5, 5.41) is 17.1. The summed E-state index contributed by atoms with van der Waals surface area (Å²) < 4.78 is 14.7. The predicted octanol–water partition coefficient (Wildman–Crippen LogP) is 2.14. The van der Waals surface area contributed by atoms with Crippen LogP contribution in [0.2, 0.25) is 0 Å². The first-order valence-electron chi connectivity index (χ1n) is 7.03. The first kappa shape index (κ1) is 15.0. The fourth-order valence-electron chi connectivity index (χ4n) is 2.37. The number of rotatable bonds is 5. The number of benzene rings is 2. The normalized spacial score (nSPS) is 10.9. The van der Waals surface area contributed by atoms with Crippen LogP contribution < -0.4 is 4.90 Å². The Morgan fingerprint density at radius 1 is 1.26 bits per heavy atom. The fraction of sp³-hybridized carbons (Fsp3) is 0.188. The Labute approximate surface area is 131 Å². The van der Waals surface area contributed by atoms with E-state index in [2.05, 4.69) is 10.3 Å². The van der Waals surface area contributed by atoms with Gasteiger partial charge in [-0.05, 0) is 35.9 Å². The van der Waals surface area contributed by atoms with Gasteiger partial charge in [0.05, 0.1) is 12.1 Å². The van der Waals surface area contributed by atoms with Crippen molar-refractivity contribution in [2.24, 2.45) is 0 Å². The van der Waals surface area contributed by atoms with E-state index in [9.17, 15) is 9.18 Å². The molecule has 1 heterocycles. The summed E-state index contributed by atoms with van der Waals surface area (Å²) in [5.74, 6) is -1.17. The quantitative estimate of drug-likeness (QED) is 0.781. The topological polar surface area (TPSA) is 71.2 Å². The minimum Gasteiger partial charge on any atom is -0.480 e. The van der Waals surface area contributed by atoms with E-state index in [0.29, 0.717) is 12.1 Å². The van der Waals surface area contributed by atoms with Crippen LogP contribution in [-0.2, 0) is 11.3 Å². The molecule has 0 amide bonds. The molecular formula is C16H15FN4O2. The highest BCUT2D eigenvalue weighted by Crippen LogP contribution is 2.20. The van der Waals surface area contributed by atoms with Crippen LogP contribution in [0, 0.1) is 5.82 Å². The van der Waals surface area contributed by atoms with Gasteiger partial charge in [-0.25, -0.2) is 9.07 Å². The molecule has 0 aliphatic heterocycles. The van der Waals surface area contributed by atoms with E-state index >= 15 is 0 Å². The van der Waals surface area contributed by atoms with Crippen molar-refractivity contribution in [2.45, 2.75) is 6.54 Å². The van der Waals surface area contributed by atoms with Crippen molar-refractivity contribution in [3.63, 3.8) is 0 Å². The van der Waals surface area contributed by atoms with Gasteiger partial charge in [0.1, 0.15) is 17.9 Å². The van der Waals surface area contributed by atoms with Crippen LogP contribution >= 0.6 is 0 Å². The van der Waals surface area contributed by atoms with Gasteiger partial charge in [0.25, 0.3) is 0 Å². The smallest absolute Gasteiger partial charge is 0.323 e. The van der Waals surface area contributed by atoms with Gasteiger partial charge in [-0.1, -0.05) is 17.3 Å². The molecule has 118 valence electrons. The van der Waals surface area contributed by atoms with Crippen molar-refractivity contribution < 1.29 is 14.3 Å². The van der Waals surface area contributed by atoms with Crippen LogP contribution in [0.15, 0.2) is 42.5 Å². The second-order valence-electron chi connectivity index (χ2n) is 5.30. The van der Waals surface area contributed by atoms with Crippen LogP contribution in [0.5, 0.6) is 0 Å². The molecule has 3 rings (SSSR count). The molecule has 0 radical (unpaired) electrons. The van der Waals surface area contributed by atoms with Gasteiger partial charge >= 0.3 is 5.97 Å². The number of carbonyl (C=O) groups is 1. The summed E-state index contributed by atoms with van der Waals surface area (Å²) in [6, 6.07) is 11.7. The third kappa shape index (κ3) is 3.28. The summed E-state index contributed by atoms with van der Waals surface area (Å²) in [5.41, 5.74) is 3.20. The van der Waals surface area contributed by atoms with Crippen LogP contribution in [0.3, 0.4) is 0 Å². The Morgan fingerprint density at radius 2 is 2.00 bits per heavy atom. The number of hydrogen-bond donors (Lipinski definition) is 1. The lowest BCUT2D eigenvalue weighted by Crippen LogP contribution is -2.24. The standard InChI is InChI=1S/C16H15FN4O2/c1-20(10-16(22)23)13-6-7-15-14(8-13)18-19-21(15)9-11-2-4-12(17)5-3-11/h2-8H,9-10H2,1H3,(H,22,23). The molecule has 1 aromatic heterocycles. The second-order valence-corrected chi connectivity index (χ2v) is 5.30. The molecule has 2 aromatic carbocycles. The van der Waals surface area contributed by atoms with E-state index in [0.717, 1.165) is 16.8 Å². The van der Waals surface area contributed by atoms with E-state index < -0.39 is 5.97 Å². The molecule has 3 aromatic rings. The van der Waals surface area contributed by atoms with E-state index in [1.165, 1.54) is 12.1 Å². The van der Waals surface area contributed by atoms with E-state index in [-0.39, 0.29) is 12.4 Å². The number of halogens is 1. The summed E-state index contributed by atoms with van der Waals surface area (Å²) in [6.07, 6.45) is 0. The molecule has 0 aliphatic carbocycles. The Bertz CT molecular complexity index is 845. The number of aliphatic carboxylic acids is 1. The molecule has 0 fully saturated rings. The monoisotopic (exact) mass is 314 g/mol. The Hall–Kier alpha value is -2.96. The van der Waals surface area contributed by atoms with Crippen molar-refractivity contribution >= 4 is 22.7 Å². The van der Waals surface area contributed by atoms with Crippen LogP contribution in [-0.4, -0.2) is 39.7 Å². The number of carboxylic acid groups (broad SMARTS) is 1. The number of carboxylic acids is 1. The number of likely N-dealkylation sites (N-methyl/N-ethyl adjacent to an activating group) is 1. The fourth-order valence-corrected chi connectivity index (χ4v) is 2.37. The Morgan fingerprint density at radius 3 is 2.70 bits per heavy atom. The first-order chi connectivity index (χ1) is 11.0. The average Bonchev–Trinajstić information content (AvgIpc) is 2.91. The molecule has 0 unspecified atom stereocenters. The average molecular weight is 314 g/mol. The Kier molecular flexibility index (Phi) is 3.92. The van der Waals surface area contributed by atoms with Crippen molar-refractivity contribution in [1.29, 1.82) is 0 Å². The van der Waals surface area contributed by atoms with E-state index in [1.54, 1.807) is 34.8 Å². The summed E-state index contributed by atoms with van der Waals surface area (Å²) in [4.78, 5) is 12.4. The van der Waals surface area contributed by atoms with Crippen molar-refractivity contribution in [1.82, 2.24) is 15.0 Å². The molecule has 0 bridgehead atoms. The summed E-state index contributed by atoms with van der Waals surface area (Å²) in [6.45, 7) is 0.399. The number of hydrogen-bond acceptors (Lipinski definition) is 4. The van der Waals surface area contributed by atoms with Crippen LogP contribution in [0.1, 0.15) is 5.56 Å².